The molecule has 5 heteroatoms. The number of nitrogens with zero attached hydrogens (tertiary/aromatic N) is 3. The van der Waals surface area contributed by atoms with Gasteiger partial charge in [0.2, 0.25) is 0 Å². The molecule has 1 aliphatic carbocycles. The zero-order valence-electron chi connectivity index (χ0n) is 12.3. The lowest BCUT2D eigenvalue weighted by molar-refractivity contribution is 0.517. The number of aromatic amines is 1. The summed E-state index contributed by atoms with van der Waals surface area (Å²) in [6.07, 6.45) is 2.09. The van der Waals surface area contributed by atoms with Gasteiger partial charge < -0.3 is 4.98 Å². The molecule has 0 saturated heterocycles. The Morgan fingerprint density at radius 1 is 1.29 bits per heavy atom. The Bertz CT molecular complexity index is 858. The fourth-order valence-corrected chi connectivity index (χ4v) is 3.84. The summed E-state index contributed by atoms with van der Waals surface area (Å²) in [5.41, 5.74) is 6.12. The van der Waals surface area contributed by atoms with Gasteiger partial charge >= 0.3 is 0 Å². The zero-order chi connectivity index (χ0) is 14.6. The Morgan fingerprint density at radius 2 is 1.95 bits per heavy atom. The van der Waals surface area contributed by atoms with Crippen molar-refractivity contribution in [1.82, 2.24) is 19.3 Å². The minimum absolute atomic E-state index is 0.394. The summed E-state index contributed by atoms with van der Waals surface area (Å²) < 4.78 is 5.14. The molecule has 0 radical (unpaired) electrons. The van der Waals surface area contributed by atoms with Crippen LogP contribution < -0.4 is 0 Å². The number of imidazole rings is 1. The normalized spacial score (nSPS) is 15.0. The molecule has 4 rings (SSSR count). The van der Waals surface area contributed by atoms with E-state index in [0.29, 0.717) is 6.04 Å². The Kier molecular flexibility index (Phi) is 2.79. The first-order valence-corrected chi connectivity index (χ1v) is 7.84. The molecule has 1 N–H and O–H groups in total. The van der Waals surface area contributed by atoms with Crippen molar-refractivity contribution in [1.29, 1.82) is 0 Å². The van der Waals surface area contributed by atoms with Gasteiger partial charge in [0.25, 0.3) is 0 Å². The van der Waals surface area contributed by atoms with Gasteiger partial charge in [-0.05, 0) is 50.0 Å². The highest BCUT2D eigenvalue weighted by molar-refractivity contribution is 7.71. The van der Waals surface area contributed by atoms with Crippen LogP contribution in [0.4, 0.5) is 0 Å². The molecular weight excluding hydrogens is 280 g/mol. The molecule has 108 valence electrons. The molecule has 0 saturated carbocycles. The first-order chi connectivity index (χ1) is 10.2. The van der Waals surface area contributed by atoms with Gasteiger partial charge in [0.15, 0.2) is 10.4 Å². The fourth-order valence-electron chi connectivity index (χ4n) is 3.50. The third kappa shape index (κ3) is 1.80. The number of hydrogen-bond acceptors (Lipinski definition) is 2. The maximum Gasteiger partial charge on any atom is 0.179 e. The summed E-state index contributed by atoms with van der Waals surface area (Å²) in [5, 5.41) is 4.61. The first-order valence-electron chi connectivity index (χ1n) is 7.43. The van der Waals surface area contributed by atoms with Crippen molar-refractivity contribution in [3.8, 4) is 0 Å². The van der Waals surface area contributed by atoms with Crippen molar-refractivity contribution in [3.05, 3.63) is 45.9 Å². The molecule has 0 bridgehead atoms. The summed E-state index contributed by atoms with van der Waals surface area (Å²) >= 11 is 5.59. The van der Waals surface area contributed by atoms with Crippen LogP contribution in [0, 0.1) is 11.7 Å². The summed E-state index contributed by atoms with van der Waals surface area (Å²) in [7, 11) is 0. The number of aromatic nitrogens is 4. The highest BCUT2D eigenvalue weighted by atomic mass is 32.1. The molecular formula is C16H18N4S. The Balaban J connectivity index is 1.89. The lowest BCUT2D eigenvalue weighted by Crippen LogP contribution is -2.12. The van der Waals surface area contributed by atoms with Crippen LogP contribution in [-0.2, 0) is 19.4 Å². The maximum absolute atomic E-state index is 5.59. The zero-order valence-corrected chi connectivity index (χ0v) is 13.1. The Hall–Kier alpha value is -1.88. The van der Waals surface area contributed by atoms with E-state index in [9.17, 15) is 0 Å². The smallest absolute Gasteiger partial charge is 0.179 e. The predicted molar refractivity (Wildman–Crippen MR) is 86.2 cm³/mol. The van der Waals surface area contributed by atoms with Gasteiger partial charge in [-0.3, -0.25) is 4.57 Å². The van der Waals surface area contributed by atoms with Crippen LogP contribution in [0.1, 0.15) is 29.8 Å². The lowest BCUT2D eigenvalue weighted by Gasteiger charge is -2.13. The largest absolute Gasteiger partial charge is 0.328 e. The number of fused-ring (bicyclic) bond motifs is 2. The number of benzene rings is 1. The number of aryl methyl sites for hydroxylation is 2. The van der Waals surface area contributed by atoms with Crippen LogP contribution in [0.15, 0.2) is 24.3 Å². The van der Waals surface area contributed by atoms with E-state index in [4.69, 9.17) is 12.2 Å². The SMILES string of the molecule is CCn1nc(C)c2[nH]c(=S)n(C3Cc4ccccc4C3)c21. The molecule has 1 aromatic carbocycles. The van der Waals surface area contributed by atoms with Crippen LogP contribution >= 0.6 is 12.2 Å². The lowest BCUT2D eigenvalue weighted by atomic mass is 10.1. The Labute approximate surface area is 128 Å². The molecule has 0 fully saturated rings. The minimum Gasteiger partial charge on any atom is -0.328 e. The number of rotatable bonds is 2. The summed E-state index contributed by atoms with van der Waals surface area (Å²) in [5.74, 6) is 0. The van der Waals surface area contributed by atoms with E-state index < -0.39 is 0 Å². The molecule has 2 heterocycles. The molecule has 0 amide bonds. The molecule has 3 aromatic rings. The van der Waals surface area contributed by atoms with E-state index in [-0.39, 0.29) is 0 Å². The van der Waals surface area contributed by atoms with Crippen LogP contribution in [0.2, 0.25) is 0 Å². The first kappa shape index (κ1) is 12.8. The van der Waals surface area contributed by atoms with Crippen molar-refractivity contribution in [2.75, 3.05) is 0 Å². The standard InChI is InChI=1S/C16H18N4S/c1-3-19-15-14(10(2)18-19)17-16(21)20(15)13-8-11-6-4-5-7-12(11)9-13/h4-7,13H,3,8-9H2,1-2H3,(H,17,21). The highest BCUT2D eigenvalue weighted by Gasteiger charge is 2.26. The molecule has 1 aliphatic rings. The summed E-state index contributed by atoms with van der Waals surface area (Å²) in [4.78, 5) is 3.35. The van der Waals surface area contributed by atoms with Gasteiger partial charge in [0.05, 0.1) is 5.69 Å². The third-order valence-corrected chi connectivity index (χ3v) is 4.77. The van der Waals surface area contributed by atoms with Gasteiger partial charge in [-0.2, -0.15) is 5.10 Å². The molecule has 0 unspecified atom stereocenters. The summed E-state index contributed by atoms with van der Waals surface area (Å²) in [6.45, 7) is 5.01. The average molecular weight is 298 g/mol. The summed E-state index contributed by atoms with van der Waals surface area (Å²) in [6, 6.07) is 9.09. The van der Waals surface area contributed by atoms with Crippen molar-refractivity contribution in [2.45, 2.75) is 39.3 Å². The van der Waals surface area contributed by atoms with Crippen LogP contribution in [0.5, 0.6) is 0 Å². The van der Waals surface area contributed by atoms with E-state index in [2.05, 4.69) is 50.5 Å². The van der Waals surface area contributed by atoms with Gasteiger partial charge in [0, 0.05) is 12.6 Å². The van der Waals surface area contributed by atoms with E-state index in [1.165, 1.54) is 11.1 Å². The number of H-pyrrole nitrogens is 1. The van der Waals surface area contributed by atoms with E-state index in [1.807, 2.05) is 6.92 Å². The monoisotopic (exact) mass is 298 g/mol. The number of nitrogens with one attached hydrogen (secondary N) is 1. The minimum atomic E-state index is 0.394. The van der Waals surface area contributed by atoms with Crippen molar-refractivity contribution in [3.63, 3.8) is 0 Å². The molecule has 4 nitrogen and oxygen atoms in total. The third-order valence-electron chi connectivity index (χ3n) is 4.47. The van der Waals surface area contributed by atoms with Crippen molar-refractivity contribution < 1.29 is 0 Å². The second-order valence-corrected chi connectivity index (χ2v) is 6.12. The second-order valence-electron chi connectivity index (χ2n) is 5.73. The average Bonchev–Trinajstić information content (AvgIpc) is 3.12. The topological polar surface area (TPSA) is 38.5 Å². The molecule has 0 aliphatic heterocycles. The maximum atomic E-state index is 5.59. The van der Waals surface area contributed by atoms with Crippen LogP contribution in [0.25, 0.3) is 11.2 Å². The second kappa shape index (κ2) is 4.56. The van der Waals surface area contributed by atoms with E-state index in [0.717, 1.165) is 41.0 Å². The van der Waals surface area contributed by atoms with Crippen molar-refractivity contribution in [2.24, 2.45) is 0 Å². The van der Waals surface area contributed by atoms with Gasteiger partial charge in [-0.1, -0.05) is 24.3 Å². The van der Waals surface area contributed by atoms with E-state index in [1.54, 1.807) is 0 Å². The molecule has 0 atom stereocenters. The molecule has 21 heavy (non-hydrogen) atoms. The van der Waals surface area contributed by atoms with E-state index >= 15 is 0 Å². The predicted octanol–water partition coefficient (Wildman–Crippen LogP) is 3.56. The fraction of sp³-hybridized carbons (Fsp3) is 0.375. The van der Waals surface area contributed by atoms with Gasteiger partial charge in [-0.15, -0.1) is 0 Å². The Morgan fingerprint density at radius 3 is 2.57 bits per heavy atom. The number of hydrogen-bond donors (Lipinski definition) is 1. The molecule has 2 aromatic heterocycles. The molecule has 0 spiro atoms. The van der Waals surface area contributed by atoms with Crippen molar-refractivity contribution >= 4 is 23.4 Å². The van der Waals surface area contributed by atoms with Crippen LogP contribution in [-0.4, -0.2) is 19.3 Å². The van der Waals surface area contributed by atoms with Crippen LogP contribution in [0.3, 0.4) is 0 Å². The quantitative estimate of drug-likeness (QED) is 0.735. The highest BCUT2D eigenvalue weighted by Crippen LogP contribution is 2.33. The van der Waals surface area contributed by atoms with Gasteiger partial charge in [-0.25, -0.2) is 4.68 Å². The van der Waals surface area contributed by atoms with Gasteiger partial charge in [0.1, 0.15) is 5.52 Å².